The average molecular weight is 217 g/mol. The van der Waals surface area contributed by atoms with Gasteiger partial charge in [0.15, 0.2) is 0 Å². The van der Waals surface area contributed by atoms with Crippen molar-refractivity contribution in [1.82, 2.24) is 0 Å². The molecule has 0 fully saturated rings. The minimum absolute atomic E-state index is 0.167. The Morgan fingerprint density at radius 3 is 1.44 bits per heavy atom. The molecule has 0 saturated carbocycles. The van der Waals surface area contributed by atoms with Crippen LogP contribution in [0.25, 0.3) is 0 Å². The van der Waals surface area contributed by atoms with Crippen molar-refractivity contribution in [1.29, 1.82) is 0 Å². The first kappa shape index (κ1) is 11.3. The van der Waals surface area contributed by atoms with E-state index in [2.05, 4.69) is 0 Å². The van der Waals surface area contributed by atoms with Crippen LogP contribution in [0, 0.1) is 0 Å². The summed E-state index contributed by atoms with van der Waals surface area (Å²) >= 11 is -0.704. The van der Waals surface area contributed by atoms with Gasteiger partial charge in [0.25, 0.3) is 0 Å². The summed E-state index contributed by atoms with van der Waals surface area (Å²) in [6.45, 7) is 3.06. The van der Waals surface area contributed by atoms with Crippen molar-refractivity contribution in [3.05, 3.63) is 0 Å². The molecule has 0 aliphatic carbocycles. The van der Waals surface area contributed by atoms with Crippen LogP contribution < -0.4 is 0 Å². The Morgan fingerprint density at radius 2 is 1.44 bits per heavy atom. The molecule has 0 N–H and O–H groups in total. The van der Waals surface area contributed by atoms with Gasteiger partial charge in [0, 0.05) is 0 Å². The van der Waals surface area contributed by atoms with Crippen LogP contribution in [-0.4, -0.2) is 14.7 Å². The zero-order valence-electron chi connectivity index (χ0n) is 5.06. The monoisotopic (exact) mass is 217 g/mol. The molecule has 0 saturated heterocycles. The van der Waals surface area contributed by atoms with Gasteiger partial charge in [0.2, 0.25) is 0 Å². The number of Topliss-reactive ketones (excluding diaryl/α,β-unsaturated/α-hetero) is 1. The number of carbonyl (C=O) groups is 1. The summed E-state index contributed by atoms with van der Waals surface area (Å²) in [5, 5.41) is 0. The van der Waals surface area contributed by atoms with E-state index in [1.807, 2.05) is 0 Å². The quantitative estimate of drug-likeness (QED) is 0.528. The van der Waals surface area contributed by atoms with Gasteiger partial charge in [0.05, 0.1) is 0 Å². The van der Waals surface area contributed by atoms with E-state index in [1.54, 1.807) is 0 Å². The maximum absolute atomic E-state index is 9.44. The molecule has 0 radical (unpaired) electrons. The Bertz CT molecular complexity index is 164. The topological polar surface area (TPSA) is 51.2 Å². The Balaban J connectivity index is 0. The van der Waals surface area contributed by atoms with Crippen LogP contribution in [-0.2, 0) is 30.6 Å². The predicted octanol–water partition coefficient (Wildman–Crippen LogP) is -0.201. The van der Waals surface area contributed by atoms with E-state index in [-0.39, 0.29) is 5.78 Å². The summed E-state index contributed by atoms with van der Waals surface area (Å²) < 4.78 is 2.83. The van der Waals surface area contributed by atoms with Crippen molar-refractivity contribution in [2.24, 2.45) is 0 Å². The van der Waals surface area contributed by atoms with Gasteiger partial charge in [0.1, 0.15) is 5.78 Å². The fourth-order valence-corrected chi connectivity index (χ4v) is 0.0822. The molecule has 3 nitrogen and oxygen atoms in total. The van der Waals surface area contributed by atoms with Crippen molar-refractivity contribution in [2.75, 3.05) is 0 Å². The van der Waals surface area contributed by atoms with Crippen molar-refractivity contribution in [3.63, 3.8) is 0 Å². The molecule has 0 unspecified atom stereocenters. The van der Waals surface area contributed by atoms with Crippen LogP contribution in [0.5, 0.6) is 0 Å². The van der Waals surface area contributed by atoms with Gasteiger partial charge in [-0.2, -0.15) is 0 Å². The van der Waals surface area contributed by atoms with Gasteiger partial charge >= 0.3 is 34.8 Å². The fraction of sp³-hybridized carbons (Fsp3) is 0.400. The summed E-state index contributed by atoms with van der Waals surface area (Å²) in [5.41, 5.74) is 0. The first-order valence-electron chi connectivity index (χ1n) is 1.95. The number of carbonyl (C=O) groups excluding carboxylic acids is 3. The maximum atomic E-state index is 9.44. The second-order valence-electron chi connectivity index (χ2n) is 1.13. The van der Waals surface area contributed by atoms with Crippen molar-refractivity contribution < 1.29 is 30.6 Å². The van der Waals surface area contributed by atoms with E-state index in [0.717, 1.165) is 0 Å². The third kappa shape index (κ3) is 105. The molecule has 4 heteroatoms. The summed E-state index contributed by atoms with van der Waals surface area (Å²) in [7, 11) is 0. The number of hydrogen-bond donors (Lipinski definition) is 0. The molecule has 0 aliphatic rings. The normalized spacial score (nSPS) is 5.56. The molecule has 53 valence electrons. The van der Waals surface area contributed by atoms with Gasteiger partial charge in [-0.25, -0.2) is 0 Å². The minimum atomic E-state index is -0.704. The summed E-state index contributed by atoms with van der Waals surface area (Å²) in [5.74, 6) is 0.167. The van der Waals surface area contributed by atoms with E-state index < -0.39 is 16.2 Å². The van der Waals surface area contributed by atoms with Crippen LogP contribution in [0.3, 0.4) is 0 Å². The molecule has 9 heavy (non-hydrogen) atoms. The van der Waals surface area contributed by atoms with Gasteiger partial charge < -0.3 is 4.79 Å². The third-order valence-corrected chi connectivity index (χ3v) is 0.403. The second kappa shape index (κ2) is 10.4. The van der Waals surface area contributed by atoms with Gasteiger partial charge in [-0.1, -0.05) is 0 Å². The average Bonchev–Trinajstić information content (AvgIpc) is 1.66. The van der Waals surface area contributed by atoms with Crippen LogP contribution in [0.1, 0.15) is 13.8 Å². The summed E-state index contributed by atoms with van der Waals surface area (Å²) in [6.07, 6.45) is 0. The number of hydrogen-bond acceptors (Lipinski definition) is 3. The van der Waals surface area contributed by atoms with E-state index in [9.17, 15) is 4.79 Å². The zero-order chi connectivity index (χ0) is 7.70. The van der Waals surface area contributed by atoms with E-state index in [0.29, 0.717) is 0 Å². The molecule has 0 aromatic carbocycles. The number of rotatable bonds is 0. The van der Waals surface area contributed by atoms with Crippen LogP contribution in [0.15, 0.2) is 0 Å². The SMILES string of the molecule is CC(C)=O.O=[C]=[Rh]=[C]=O. The van der Waals surface area contributed by atoms with Crippen molar-refractivity contribution >= 4 is 14.7 Å². The molecule has 0 aliphatic heterocycles. The Labute approximate surface area is 59.7 Å². The standard InChI is InChI=1S/C3H6O.2CO.Rh/c1-3(2)4;2*1-2;/h1-2H3;;;. The Kier molecular flexibility index (Phi) is 13.1. The zero-order valence-corrected chi connectivity index (χ0v) is 6.70. The molecular formula is C5H6O3Rh. The van der Waals surface area contributed by atoms with Gasteiger partial charge in [-0.05, 0) is 13.8 Å². The molecule has 0 aromatic heterocycles. The van der Waals surface area contributed by atoms with Gasteiger partial charge in [-0.3, -0.25) is 0 Å². The summed E-state index contributed by atoms with van der Waals surface area (Å²) in [4.78, 5) is 27.5. The van der Waals surface area contributed by atoms with Gasteiger partial charge in [-0.15, -0.1) is 0 Å². The van der Waals surface area contributed by atoms with Crippen LogP contribution in [0.4, 0.5) is 0 Å². The van der Waals surface area contributed by atoms with Crippen molar-refractivity contribution in [2.45, 2.75) is 13.8 Å². The Hall–Kier alpha value is -0.547. The molecule has 0 heterocycles. The molecule has 0 bridgehead atoms. The van der Waals surface area contributed by atoms with E-state index in [4.69, 9.17) is 9.59 Å². The first-order chi connectivity index (χ1) is 4.15. The number of ketones is 1. The molecular weight excluding hydrogens is 211 g/mol. The molecule has 0 rings (SSSR count). The molecule has 0 aromatic rings. The Morgan fingerprint density at radius 1 is 1.22 bits per heavy atom. The predicted molar refractivity (Wildman–Crippen MR) is 27.7 cm³/mol. The molecule has 0 atom stereocenters. The van der Waals surface area contributed by atoms with Crippen LogP contribution in [0.2, 0.25) is 0 Å². The first-order valence-corrected chi connectivity index (χ1v) is 3.58. The van der Waals surface area contributed by atoms with E-state index in [1.165, 1.54) is 22.8 Å². The molecule has 0 spiro atoms. The summed E-state index contributed by atoms with van der Waals surface area (Å²) in [6, 6.07) is 0. The third-order valence-electron chi connectivity index (χ3n) is 0.0680. The van der Waals surface area contributed by atoms with E-state index >= 15 is 0 Å². The fourth-order valence-electron chi connectivity index (χ4n) is 0.0139. The van der Waals surface area contributed by atoms with Crippen molar-refractivity contribution in [3.8, 4) is 0 Å². The second-order valence-corrected chi connectivity index (χ2v) is 2.21. The van der Waals surface area contributed by atoms with Crippen LogP contribution >= 0.6 is 0 Å². The molecule has 0 amide bonds.